The van der Waals surface area contributed by atoms with E-state index in [0.29, 0.717) is 0 Å². The zero-order valence-electron chi connectivity index (χ0n) is 7.88. The molecule has 0 saturated heterocycles. The van der Waals surface area contributed by atoms with Gasteiger partial charge in [0.2, 0.25) is 0 Å². The van der Waals surface area contributed by atoms with Gasteiger partial charge >= 0.3 is 11.5 Å². The van der Waals surface area contributed by atoms with E-state index in [2.05, 4.69) is 15.9 Å². The Bertz CT molecular complexity index is 510. The summed E-state index contributed by atoms with van der Waals surface area (Å²) in [6.45, 7) is 0. The van der Waals surface area contributed by atoms with Crippen molar-refractivity contribution in [3.8, 4) is 6.07 Å². The summed E-state index contributed by atoms with van der Waals surface area (Å²) in [7, 11) is 0. The fraction of sp³-hybridized carbons (Fsp3) is 0.111. The molecule has 0 aliphatic heterocycles. The molecule has 0 radical (unpaired) electrons. The lowest BCUT2D eigenvalue weighted by atomic mass is 10.1. The number of carbonyl (C=O) groups is 1. The third-order valence-electron chi connectivity index (χ3n) is 1.67. The van der Waals surface area contributed by atoms with E-state index in [1.165, 1.54) is 0 Å². The fourth-order valence-corrected chi connectivity index (χ4v) is 2.30. The maximum Gasteiger partial charge on any atom is 0.446 e. The Kier molecular flexibility index (Phi) is 4.06. The monoisotopic (exact) mass is 325 g/mol. The summed E-state index contributed by atoms with van der Waals surface area (Å²) in [5.74, 6) is -1.37. The van der Waals surface area contributed by atoms with E-state index in [1.807, 2.05) is 0 Å². The molecule has 0 saturated carbocycles. The number of aromatic carboxylic acids is 1. The van der Waals surface area contributed by atoms with Gasteiger partial charge in [-0.15, -0.1) is 0 Å². The van der Waals surface area contributed by atoms with Crippen LogP contribution in [0.4, 0.5) is 13.2 Å². The van der Waals surface area contributed by atoms with E-state index in [-0.39, 0.29) is 20.5 Å². The molecule has 17 heavy (non-hydrogen) atoms. The first-order chi connectivity index (χ1) is 7.76. The Labute approximate surface area is 106 Å². The standard InChI is InChI=1S/C9H3BrF3NO2S/c10-7-5(3-14)4(8(15)16)1-2-6(7)17-9(11,12)13/h1-2H,(H,15,16). The zero-order chi connectivity index (χ0) is 13.2. The largest absolute Gasteiger partial charge is 0.478 e. The molecule has 1 N–H and O–H groups in total. The lowest BCUT2D eigenvalue weighted by molar-refractivity contribution is -0.0328. The van der Waals surface area contributed by atoms with E-state index >= 15 is 0 Å². The molecule has 0 aromatic heterocycles. The molecule has 0 aliphatic carbocycles. The fourth-order valence-electron chi connectivity index (χ4n) is 1.05. The van der Waals surface area contributed by atoms with E-state index in [0.717, 1.165) is 12.1 Å². The first-order valence-corrected chi connectivity index (χ1v) is 5.59. The topological polar surface area (TPSA) is 61.1 Å². The summed E-state index contributed by atoms with van der Waals surface area (Å²) in [6, 6.07) is 3.54. The number of thioether (sulfide) groups is 1. The molecule has 0 bridgehead atoms. The molecule has 8 heteroatoms. The molecule has 3 nitrogen and oxygen atoms in total. The SMILES string of the molecule is N#Cc1c(C(=O)O)ccc(SC(F)(F)F)c1Br. The number of hydrogen-bond acceptors (Lipinski definition) is 3. The van der Waals surface area contributed by atoms with Crippen molar-refractivity contribution in [1.29, 1.82) is 5.26 Å². The van der Waals surface area contributed by atoms with Crippen molar-refractivity contribution in [3.05, 3.63) is 27.7 Å². The van der Waals surface area contributed by atoms with Crippen LogP contribution in [0.5, 0.6) is 0 Å². The van der Waals surface area contributed by atoms with Gasteiger partial charge in [-0.3, -0.25) is 0 Å². The number of benzene rings is 1. The maximum absolute atomic E-state index is 12.2. The van der Waals surface area contributed by atoms with Crippen molar-refractivity contribution in [2.45, 2.75) is 10.4 Å². The van der Waals surface area contributed by atoms with Gasteiger partial charge in [-0.1, -0.05) is 0 Å². The number of nitrogens with zero attached hydrogens (tertiary/aromatic N) is 1. The lowest BCUT2D eigenvalue weighted by Gasteiger charge is -2.09. The molecule has 0 heterocycles. The van der Waals surface area contributed by atoms with Crippen LogP contribution < -0.4 is 0 Å². The van der Waals surface area contributed by atoms with Crippen molar-refractivity contribution >= 4 is 33.7 Å². The summed E-state index contributed by atoms with van der Waals surface area (Å²) in [5, 5.41) is 17.5. The van der Waals surface area contributed by atoms with Crippen molar-refractivity contribution in [2.24, 2.45) is 0 Å². The highest BCUT2D eigenvalue weighted by molar-refractivity contribution is 9.10. The number of carboxylic acid groups (broad SMARTS) is 1. The highest BCUT2D eigenvalue weighted by Crippen LogP contribution is 2.41. The predicted molar refractivity (Wildman–Crippen MR) is 57.7 cm³/mol. The Morgan fingerprint density at radius 3 is 2.47 bits per heavy atom. The Hall–Kier alpha value is -1.20. The third-order valence-corrected chi connectivity index (χ3v) is 3.55. The van der Waals surface area contributed by atoms with Crippen molar-refractivity contribution in [2.75, 3.05) is 0 Å². The van der Waals surface area contributed by atoms with Crippen LogP contribution in [0.25, 0.3) is 0 Å². The van der Waals surface area contributed by atoms with Crippen LogP contribution >= 0.6 is 27.7 Å². The summed E-state index contributed by atoms with van der Waals surface area (Å²) < 4.78 is 36.3. The molecule has 1 rings (SSSR count). The smallest absolute Gasteiger partial charge is 0.446 e. The van der Waals surface area contributed by atoms with Crippen LogP contribution in [0.1, 0.15) is 15.9 Å². The molecule has 0 amide bonds. The molecule has 0 aliphatic rings. The van der Waals surface area contributed by atoms with Gasteiger partial charge in [0.05, 0.1) is 15.6 Å². The van der Waals surface area contributed by atoms with Crippen molar-refractivity contribution in [3.63, 3.8) is 0 Å². The molecule has 1 aromatic carbocycles. The van der Waals surface area contributed by atoms with Gasteiger partial charge in [0, 0.05) is 4.90 Å². The number of carboxylic acids is 1. The van der Waals surface area contributed by atoms with Crippen LogP contribution in [0, 0.1) is 11.3 Å². The number of alkyl halides is 3. The number of nitriles is 1. The Morgan fingerprint density at radius 2 is 2.06 bits per heavy atom. The average molecular weight is 326 g/mol. The van der Waals surface area contributed by atoms with Crippen LogP contribution in [-0.4, -0.2) is 16.6 Å². The Morgan fingerprint density at radius 1 is 1.47 bits per heavy atom. The number of hydrogen-bond donors (Lipinski definition) is 1. The van der Waals surface area contributed by atoms with Crippen LogP contribution in [0.3, 0.4) is 0 Å². The van der Waals surface area contributed by atoms with Gasteiger partial charge in [-0.2, -0.15) is 18.4 Å². The van der Waals surface area contributed by atoms with Gasteiger partial charge in [0.1, 0.15) is 6.07 Å². The van der Waals surface area contributed by atoms with E-state index < -0.39 is 23.2 Å². The molecule has 1 aromatic rings. The highest BCUT2D eigenvalue weighted by Gasteiger charge is 2.31. The van der Waals surface area contributed by atoms with Crippen molar-refractivity contribution in [1.82, 2.24) is 0 Å². The lowest BCUT2D eigenvalue weighted by Crippen LogP contribution is -2.04. The summed E-state index contributed by atoms with van der Waals surface area (Å²) in [5.41, 5.74) is -5.17. The molecule has 0 atom stereocenters. The van der Waals surface area contributed by atoms with Gasteiger partial charge in [-0.25, -0.2) is 4.79 Å². The predicted octanol–water partition coefficient (Wildman–Crippen LogP) is 3.63. The van der Waals surface area contributed by atoms with E-state index in [1.54, 1.807) is 6.07 Å². The zero-order valence-corrected chi connectivity index (χ0v) is 10.3. The minimum absolute atomic E-state index is 0.165. The van der Waals surface area contributed by atoms with E-state index in [4.69, 9.17) is 10.4 Å². The second kappa shape index (κ2) is 4.98. The molecular weight excluding hydrogens is 323 g/mol. The maximum atomic E-state index is 12.2. The normalized spacial score (nSPS) is 11.0. The summed E-state index contributed by atoms with van der Waals surface area (Å²) in [6.07, 6.45) is 0. The molecule has 0 fully saturated rings. The second-order valence-electron chi connectivity index (χ2n) is 2.77. The molecule has 0 unspecified atom stereocenters. The molecule has 0 spiro atoms. The summed E-state index contributed by atoms with van der Waals surface area (Å²) in [4.78, 5) is 10.5. The average Bonchev–Trinajstić information content (AvgIpc) is 2.18. The Balaban J connectivity index is 3.32. The van der Waals surface area contributed by atoms with Gasteiger partial charge in [-0.05, 0) is 39.8 Å². The van der Waals surface area contributed by atoms with Crippen LogP contribution in [-0.2, 0) is 0 Å². The number of halogens is 4. The minimum Gasteiger partial charge on any atom is -0.478 e. The first kappa shape index (κ1) is 13.9. The minimum atomic E-state index is -4.50. The van der Waals surface area contributed by atoms with Crippen molar-refractivity contribution < 1.29 is 23.1 Å². The second-order valence-corrected chi connectivity index (χ2v) is 4.66. The van der Waals surface area contributed by atoms with E-state index in [9.17, 15) is 18.0 Å². The summed E-state index contributed by atoms with van der Waals surface area (Å²) >= 11 is 2.39. The quantitative estimate of drug-likeness (QED) is 0.843. The van der Waals surface area contributed by atoms with Crippen LogP contribution in [0.15, 0.2) is 21.5 Å². The molecular formula is C9H3BrF3NO2S. The number of rotatable bonds is 2. The highest BCUT2D eigenvalue weighted by atomic mass is 79.9. The van der Waals surface area contributed by atoms with Crippen LogP contribution in [0.2, 0.25) is 0 Å². The van der Waals surface area contributed by atoms with Gasteiger partial charge < -0.3 is 5.11 Å². The van der Waals surface area contributed by atoms with Gasteiger partial charge in [0.15, 0.2) is 0 Å². The third kappa shape index (κ3) is 3.38. The molecule has 90 valence electrons. The van der Waals surface area contributed by atoms with Gasteiger partial charge in [0.25, 0.3) is 0 Å². The first-order valence-electron chi connectivity index (χ1n) is 3.98.